The first-order chi connectivity index (χ1) is 11.3. The number of rotatable bonds is 9. The molecule has 0 saturated carbocycles. The van der Waals surface area contributed by atoms with E-state index in [1.807, 2.05) is 45.9 Å². The molecule has 0 spiro atoms. The lowest BCUT2D eigenvalue weighted by atomic mass is 9.94. The van der Waals surface area contributed by atoms with Crippen molar-refractivity contribution in [2.24, 2.45) is 17.6 Å². The van der Waals surface area contributed by atoms with Crippen LogP contribution in [-0.2, 0) is 4.79 Å². The first-order valence-electron chi connectivity index (χ1n) is 8.77. The van der Waals surface area contributed by atoms with Gasteiger partial charge in [0, 0.05) is 12.0 Å². The van der Waals surface area contributed by atoms with Gasteiger partial charge in [0.2, 0.25) is 5.91 Å². The van der Waals surface area contributed by atoms with Gasteiger partial charge in [-0.1, -0.05) is 26.8 Å². The molecule has 1 aromatic carbocycles. The molecule has 3 unspecified atom stereocenters. The van der Waals surface area contributed by atoms with Crippen LogP contribution < -0.4 is 20.5 Å². The van der Waals surface area contributed by atoms with Crippen molar-refractivity contribution in [3.63, 3.8) is 0 Å². The second kappa shape index (κ2) is 9.52. The minimum atomic E-state index is -0.236. The highest BCUT2D eigenvalue weighted by Gasteiger charge is 2.24. The van der Waals surface area contributed by atoms with Crippen molar-refractivity contribution in [2.45, 2.75) is 53.6 Å². The number of nitrogens with one attached hydrogen (secondary N) is 1. The molecule has 136 valence electrons. The minimum Gasteiger partial charge on any atom is -0.490 e. The highest BCUT2D eigenvalue weighted by atomic mass is 16.5. The Balaban J connectivity index is 3.07. The maximum Gasteiger partial charge on any atom is 0.224 e. The smallest absolute Gasteiger partial charge is 0.224 e. The van der Waals surface area contributed by atoms with Gasteiger partial charge >= 0.3 is 0 Å². The molecule has 0 aliphatic carbocycles. The molecule has 0 radical (unpaired) electrons. The van der Waals surface area contributed by atoms with Crippen molar-refractivity contribution in [1.82, 2.24) is 5.32 Å². The van der Waals surface area contributed by atoms with E-state index >= 15 is 0 Å². The van der Waals surface area contributed by atoms with Crippen LogP contribution >= 0.6 is 0 Å². The molecule has 0 heterocycles. The monoisotopic (exact) mass is 336 g/mol. The molecule has 0 aliphatic heterocycles. The number of carbonyl (C=O) groups excluding carboxylic acids is 1. The highest BCUT2D eigenvalue weighted by Crippen LogP contribution is 2.33. The van der Waals surface area contributed by atoms with E-state index in [0.29, 0.717) is 19.0 Å². The topological polar surface area (TPSA) is 73.6 Å². The molecule has 1 aromatic rings. The second-order valence-electron chi connectivity index (χ2n) is 6.45. The third-order valence-electron chi connectivity index (χ3n) is 4.09. The van der Waals surface area contributed by atoms with E-state index in [9.17, 15) is 4.79 Å². The van der Waals surface area contributed by atoms with Crippen LogP contribution in [0.5, 0.6) is 11.5 Å². The van der Waals surface area contributed by atoms with Gasteiger partial charge in [-0.3, -0.25) is 4.79 Å². The normalized spacial score (nSPS) is 14.8. The lowest BCUT2D eigenvalue weighted by Crippen LogP contribution is -2.41. The summed E-state index contributed by atoms with van der Waals surface area (Å²) in [6, 6.07) is 5.55. The molecule has 24 heavy (non-hydrogen) atoms. The van der Waals surface area contributed by atoms with Gasteiger partial charge < -0.3 is 20.5 Å². The Morgan fingerprint density at radius 3 is 2.17 bits per heavy atom. The van der Waals surface area contributed by atoms with Crippen molar-refractivity contribution in [3.8, 4) is 11.5 Å². The lowest BCUT2D eigenvalue weighted by Gasteiger charge is -2.26. The van der Waals surface area contributed by atoms with Crippen molar-refractivity contribution >= 4 is 5.91 Å². The predicted molar refractivity (Wildman–Crippen MR) is 97.3 cm³/mol. The van der Waals surface area contributed by atoms with Crippen LogP contribution in [0.3, 0.4) is 0 Å². The maximum absolute atomic E-state index is 12.4. The zero-order valence-corrected chi connectivity index (χ0v) is 15.8. The molecular formula is C19H32N2O3. The molecular weight excluding hydrogens is 304 g/mol. The summed E-state index contributed by atoms with van der Waals surface area (Å²) in [5.41, 5.74) is 6.85. The van der Waals surface area contributed by atoms with Gasteiger partial charge in [0.15, 0.2) is 11.5 Å². The van der Waals surface area contributed by atoms with Crippen LogP contribution in [0, 0.1) is 11.8 Å². The largest absolute Gasteiger partial charge is 0.490 e. The van der Waals surface area contributed by atoms with Gasteiger partial charge in [-0.05, 0) is 44.4 Å². The van der Waals surface area contributed by atoms with Crippen LogP contribution in [0.4, 0.5) is 0 Å². The first kappa shape index (κ1) is 20.3. The Bertz CT molecular complexity index is 529. The molecule has 5 heteroatoms. The fourth-order valence-corrected chi connectivity index (χ4v) is 2.42. The van der Waals surface area contributed by atoms with Crippen LogP contribution in [0.2, 0.25) is 0 Å². The van der Waals surface area contributed by atoms with Gasteiger partial charge in [0.05, 0.1) is 19.3 Å². The molecule has 1 rings (SSSR count). The van der Waals surface area contributed by atoms with E-state index in [-0.39, 0.29) is 29.8 Å². The minimum absolute atomic E-state index is 0.0319. The van der Waals surface area contributed by atoms with Gasteiger partial charge in [-0.15, -0.1) is 0 Å². The zero-order chi connectivity index (χ0) is 18.3. The maximum atomic E-state index is 12.4. The Hall–Kier alpha value is -1.75. The fourth-order valence-electron chi connectivity index (χ4n) is 2.42. The highest BCUT2D eigenvalue weighted by molar-refractivity contribution is 5.79. The number of carbonyl (C=O) groups is 1. The quantitative estimate of drug-likeness (QED) is 0.726. The summed E-state index contributed by atoms with van der Waals surface area (Å²) in [6.45, 7) is 12.9. The predicted octanol–water partition coefficient (Wildman–Crippen LogP) is 3.28. The fraction of sp³-hybridized carbons (Fsp3) is 0.632. The molecule has 3 N–H and O–H groups in total. The van der Waals surface area contributed by atoms with Crippen LogP contribution in [0.1, 0.15) is 53.1 Å². The molecule has 0 fully saturated rings. The number of hydrogen-bond acceptors (Lipinski definition) is 4. The molecule has 5 nitrogen and oxygen atoms in total. The molecule has 0 aromatic heterocycles. The van der Waals surface area contributed by atoms with Crippen LogP contribution in [0.25, 0.3) is 0 Å². The summed E-state index contributed by atoms with van der Waals surface area (Å²) in [5.74, 6) is 1.40. The number of nitrogens with two attached hydrogens (primary N) is 1. The number of hydrogen-bond donors (Lipinski definition) is 2. The van der Waals surface area contributed by atoms with E-state index < -0.39 is 0 Å². The third kappa shape index (κ3) is 5.41. The summed E-state index contributed by atoms with van der Waals surface area (Å²) in [7, 11) is 0. The van der Waals surface area contributed by atoms with E-state index in [2.05, 4.69) is 19.2 Å². The second-order valence-corrected chi connectivity index (χ2v) is 6.45. The van der Waals surface area contributed by atoms with Gasteiger partial charge in [-0.25, -0.2) is 0 Å². The molecule has 1 amide bonds. The van der Waals surface area contributed by atoms with Crippen molar-refractivity contribution in [1.29, 1.82) is 0 Å². The Kier molecular flexibility index (Phi) is 8.05. The average molecular weight is 336 g/mol. The SMILES string of the molecule is CCOc1ccc(C(NC(=O)C(C)C(C)N)C(C)C)cc1OCC. The summed E-state index contributed by atoms with van der Waals surface area (Å²) >= 11 is 0. The van der Waals surface area contributed by atoms with Crippen molar-refractivity contribution in [3.05, 3.63) is 23.8 Å². The molecule has 0 aliphatic rings. The van der Waals surface area contributed by atoms with Gasteiger partial charge in [-0.2, -0.15) is 0 Å². The molecule has 3 atom stereocenters. The van der Waals surface area contributed by atoms with E-state index in [0.717, 1.165) is 11.3 Å². The number of ether oxygens (including phenoxy) is 2. The number of amides is 1. The lowest BCUT2D eigenvalue weighted by molar-refractivity contribution is -0.126. The number of benzene rings is 1. The van der Waals surface area contributed by atoms with Crippen molar-refractivity contribution < 1.29 is 14.3 Å². The van der Waals surface area contributed by atoms with Gasteiger partial charge in [0.1, 0.15) is 0 Å². The summed E-state index contributed by atoms with van der Waals surface area (Å²) < 4.78 is 11.3. The standard InChI is InChI=1S/C19H32N2O3/c1-7-23-16-10-9-15(11-17(16)24-8-2)18(12(3)4)21-19(22)13(5)14(6)20/h9-14,18H,7-8,20H2,1-6H3,(H,21,22). The van der Waals surface area contributed by atoms with E-state index in [1.165, 1.54) is 0 Å². The Morgan fingerprint density at radius 1 is 1.08 bits per heavy atom. The third-order valence-corrected chi connectivity index (χ3v) is 4.09. The Labute approximate surface area is 145 Å². The average Bonchev–Trinajstić information content (AvgIpc) is 2.53. The van der Waals surface area contributed by atoms with Crippen LogP contribution in [0.15, 0.2) is 18.2 Å². The Morgan fingerprint density at radius 2 is 1.67 bits per heavy atom. The summed E-state index contributed by atoms with van der Waals surface area (Å²) in [4.78, 5) is 12.4. The summed E-state index contributed by atoms with van der Waals surface area (Å²) in [5, 5.41) is 3.12. The van der Waals surface area contributed by atoms with E-state index in [1.54, 1.807) is 0 Å². The van der Waals surface area contributed by atoms with Crippen molar-refractivity contribution in [2.75, 3.05) is 13.2 Å². The van der Waals surface area contributed by atoms with Gasteiger partial charge in [0.25, 0.3) is 0 Å². The molecule has 0 saturated heterocycles. The van der Waals surface area contributed by atoms with E-state index in [4.69, 9.17) is 15.2 Å². The summed E-state index contributed by atoms with van der Waals surface area (Å²) in [6.07, 6.45) is 0. The molecule has 0 bridgehead atoms. The van der Waals surface area contributed by atoms with Crippen LogP contribution in [-0.4, -0.2) is 25.2 Å². The first-order valence-corrected chi connectivity index (χ1v) is 8.77. The zero-order valence-electron chi connectivity index (χ0n) is 15.8.